The van der Waals surface area contributed by atoms with Crippen molar-refractivity contribution in [2.45, 2.75) is 44.7 Å². The number of rotatable bonds is 9. The monoisotopic (exact) mass is 530 g/mol. The maximum absolute atomic E-state index is 13.6. The molecule has 1 atom stereocenters. The number of alkyl halides is 2. The molecule has 6 nitrogen and oxygen atoms in total. The third kappa shape index (κ3) is 6.28. The van der Waals surface area contributed by atoms with Gasteiger partial charge in [-0.3, -0.25) is 14.9 Å². The minimum atomic E-state index is -2.61. The Morgan fingerprint density at radius 3 is 2.54 bits per heavy atom. The van der Waals surface area contributed by atoms with E-state index in [1.54, 1.807) is 17.3 Å². The molecule has 4 heterocycles. The van der Waals surface area contributed by atoms with Gasteiger partial charge in [0.2, 0.25) is 0 Å². The smallest absolute Gasteiger partial charge is 0.261 e. The van der Waals surface area contributed by atoms with Crippen LogP contribution in [0.2, 0.25) is 0 Å². The highest BCUT2D eigenvalue weighted by Gasteiger charge is 2.37. The van der Waals surface area contributed by atoms with E-state index in [0.717, 1.165) is 58.0 Å². The van der Waals surface area contributed by atoms with Crippen LogP contribution in [0.15, 0.2) is 68.1 Å². The third-order valence-corrected chi connectivity index (χ3v) is 7.64. The van der Waals surface area contributed by atoms with Crippen molar-refractivity contribution in [3.05, 3.63) is 85.0 Å². The van der Waals surface area contributed by atoms with E-state index in [2.05, 4.69) is 33.3 Å². The van der Waals surface area contributed by atoms with Crippen LogP contribution in [0.5, 0.6) is 0 Å². The van der Waals surface area contributed by atoms with Gasteiger partial charge in [-0.25, -0.2) is 8.78 Å². The Morgan fingerprint density at radius 1 is 1.05 bits per heavy atom. The number of nitrogens with zero attached hydrogens (tertiary/aromatic N) is 4. The number of nitrogens with two attached hydrogens (primary N) is 1. The predicted octanol–water partition coefficient (Wildman–Crippen LogP) is 6.15. The van der Waals surface area contributed by atoms with E-state index < -0.39 is 5.92 Å². The average molecular weight is 531 g/mol. The van der Waals surface area contributed by atoms with Crippen LogP contribution in [-0.4, -0.2) is 57.9 Å². The summed E-state index contributed by atoms with van der Waals surface area (Å²) in [4.78, 5) is 13.1. The van der Waals surface area contributed by atoms with Crippen LogP contribution in [0.1, 0.15) is 43.0 Å². The summed E-state index contributed by atoms with van der Waals surface area (Å²) in [6.45, 7) is 13.3. The molecule has 3 aromatic rings. The molecule has 2 aromatic heterocycles. The molecule has 1 aromatic carbocycles. The number of aromatic nitrogens is 2. The van der Waals surface area contributed by atoms with Crippen LogP contribution >= 0.6 is 0 Å². The highest BCUT2D eigenvalue weighted by molar-refractivity contribution is 5.82. The summed E-state index contributed by atoms with van der Waals surface area (Å²) >= 11 is 0. The fourth-order valence-electron chi connectivity index (χ4n) is 5.32. The van der Waals surface area contributed by atoms with Crippen LogP contribution < -0.4 is 11.1 Å². The molecule has 39 heavy (non-hydrogen) atoms. The zero-order valence-electron chi connectivity index (χ0n) is 22.5. The van der Waals surface area contributed by atoms with Crippen molar-refractivity contribution in [1.82, 2.24) is 19.8 Å². The molecule has 2 aliphatic rings. The molecule has 0 spiro atoms. The van der Waals surface area contributed by atoms with E-state index in [4.69, 9.17) is 5.73 Å². The standard InChI is InChI=1S/C31H36F2N6/c1-21(22(2)37-27-7-9-30(36-18-27)23(3)39-11-4-5-12-39)28-15-25(6-8-29(28)34)26-14-24(16-35-17-26)19-38-13-10-31(32,33)20-38/h6-9,14-18,22,37H,1,3-5,10-13,19-20,34H2,2H3. The maximum Gasteiger partial charge on any atom is 0.261 e. The first kappa shape index (κ1) is 26.8. The molecule has 2 fully saturated rings. The number of nitrogen functional groups attached to an aromatic ring is 1. The molecule has 204 valence electrons. The number of nitrogens with one attached hydrogen (secondary N) is 1. The van der Waals surface area contributed by atoms with E-state index in [9.17, 15) is 8.78 Å². The summed E-state index contributed by atoms with van der Waals surface area (Å²) in [6.07, 6.45) is 7.65. The Labute approximate surface area is 229 Å². The van der Waals surface area contributed by atoms with Gasteiger partial charge in [0, 0.05) is 67.8 Å². The van der Waals surface area contributed by atoms with Crippen molar-refractivity contribution in [3.8, 4) is 11.1 Å². The Bertz CT molecular complexity index is 1350. The first-order valence-electron chi connectivity index (χ1n) is 13.5. The topological polar surface area (TPSA) is 70.3 Å². The van der Waals surface area contributed by atoms with E-state index in [1.807, 2.05) is 49.5 Å². The van der Waals surface area contributed by atoms with Gasteiger partial charge in [0.1, 0.15) is 0 Å². The lowest BCUT2D eigenvalue weighted by molar-refractivity contribution is 0.0115. The van der Waals surface area contributed by atoms with Crippen LogP contribution in [0.4, 0.5) is 20.2 Å². The maximum atomic E-state index is 13.6. The van der Waals surface area contributed by atoms with Crippen LogP contribution in [-0.2, 0) is 6.54 Å². The first-order chi connectivity index (χ1) is 18.7. The summed E-state index contributed by atoms with van der Waals surface area (Å²) in [5, 5.41) is 3.48. The van der Waals surface area contributed by atoms with Gasteiger partial charge in [-0.05, 0) is 66.8 Å². The molecule has 2 aliphatic heterocycles. The lowest BCUT2D eigenvalue weighted by atomic mass is 9.95. The van der Waals surface area contributed by atoms with Gasteiger partial charge in [-0.2, -0.15) is 0 Å². The molecule has 0 radical (unpaired) electrons. The molecule has 1 unspecified atom stereocenters. The third-order valence-electron chi connectivity index (χ3n) is 7.64. The van der Waals surface area contributed by atoms with Crippen LogP contribution in [0, 0.1) is 0 Å². The van der Waals surface area contributed by atoms with E-state index in [1.165, 1.54) is 12.8 Å². The predicted molar refractivity (Wildman–Crippen MR) is 155 cm³/mol. The van der Waals surface area contributed by atoms with E-state index in [0.29, 0.717) is 18.8 Å². The zero-order valence-corrected chi connectivity index (χ0v) is 22.5. The molecule has 2 saturated heterocycles. The largest absolute Gasteiger partial charge is 0.398 e. The van der Waals surface area contributed by atoms with Gasteiger partial charge in [-0.1, -0.05) is 19.2 Å². The highest BCUT2D eigenvalue weighted by Crippen LogP contribution is 2.32. The lowest BCUT2D eigenvalue weighted by Gasteiger charge is -2.22. The number of halogens is 2. The van der Waals surface area contributed by atoms with Gasteiger partial charge in [0.15, 0.2) is 0 Å². The summed E-state index contributed by atoms with van der Waals surface area (Å²) in [6, 6.07) is 11.8. The number of hydrogen-bond donors (Lipinski definition) is 2. The van der Waals surface area contributed by atoms with Crippen LogP contribution in [0.25, 0.3) is 22.4 Å². The molecule has 0 saturated carbocycles. The number of likely N-dealkylation sites (tertiary alicyclic amines) is 2. The van der Waals surface area contributed by atoms with Gasteiger partial charge in [-0.15, -0.1) is 0 Å². The van der Waals surface area contributed by atoms with Crippen molar-refractivity contribution in [2.24, 2.45) is 0 Å². The minimum Gasteiger partial charge on any atom is -0.398 e. The quantitative estimate of drug-likeness (QED) is 0.324. The summed E-state index contributed by atoms with van der Waals surface area (Å²) in [7, 11) is 0. The minimum absolute atomic E-state index is 0.0934. The number of pyridine rings is 2. The highest BCUT2D eigenvalue weighted by atomic mass is 19.3. The van der Waals surface area contributed by atoms with Crippen molar-refractivity contribution >= 4 is 22.6 Å². The Kier molecular flexibility index (Phi) is 7.66. The van der Waals surface area contributed by atoms with Crippen LogP contribution in [0.3, 0.4) is 0 Å². The fourth-order valence-corrected chi connectivity index (χ4v) is 5.32. The second-order valence-corrected chi connectivity index (χ2v) is 10.7. The van der Waals surface area contributed by atoms with Crippen molar-refractivity contribution in [1.29, 1.82) is 0 Å². The Balaban J connectivity index is 1.27. The normalized spacial score (nSPS) is 17.8. The van der Waals surface area contributed by atoms with Crippen molar-refractivity contribution in [3.63, 3.8) is 0 Å². The number of anilines is 2. The van der Waals surface area contributed by atoms with Gasteiger partial charge < -0.3 is 16.0 Å². The molecule has 0 aliphatic carbocycles. The second-order valence-electron chi connectivity index (χ2n) is 10.7. The van der Waals surface area contributed by atoms with Gasteiger partial charge in [0.25, 0.3) is 5.92 Å². The molecule has 0 amide bonds. The number of hydrogen-bond acceptors (Lipinski definition) is 6. The summed E-state index contributed by atoms with van der Waals surface area (Å²) in [5.74, 6) is -2.61. The molecule has 8 heteroatoms. The average Bonchev–Trinajstić information content (AvgIpc) is 3.58. The van der Waals surface area contributed by atoms with Crippen molar-refractivity contribution < 1.29 is 8.78 Å². The van der Waals surface area contributed by atoms with Gasteiger partial charge in [0.05, 0.1) is 29.8 Å². The molecule has 5 rings (SSSR count). The zero-order chi connectivity index (χ0) is 27.6. The Hall–Kier alpha value is -3.78. The van der Waals surface area contributed by atoms with Gasteiger partial charge >= 0.3 is 0 Å². The first-order valence-corrected chi connectivity index (χ1v) is 13.5. The lowest BCUT2D eigenvalue weighted by Crippen LogP contribution is -2.24. The second kappa shape index (κ2) is 11.1. The molecule has 3 N–H and O–H groups in total. The molecule has 0 bridgehead atoms. The Morgan fingerprint density at radius 2 is 1.85 bits per heavy atom. The molecular formula is C31H36F2N6. The van der Waals surface area contributed by atoms with Crippen molar-refractivity contribution in [2.75, 3.05) is 37.2 Å². The summed E-state index contributed by atoms with van der Waals surface area (Å²) < 4.78 is 27.2. The summed E-state index contributed by atoms with van der Waals surface area (Å²) in [5.41, 5.74) is 14.2. The van der Waals surface area contributed by atoms with E-state index >= 15 is 0 Å². The SMILES string of the molecule is C=C(c1cc(-c2cncc(CN3CCC(F)(F)C3)c2)ccc1N)C(C)Nc1ccc(C(=C)N2CCCC2)nc1. The molecular weight excluding hydrogens is 494 g/mol. The van der Waals surface area contributed by atoms with E-state index in [-0.39, 0.29) is 19.0 Å². The fraction of sp³-hybridized carbons (Fsp3) is 0.355. The number of benzene rings is 1.